The Morgan fingerprint density at radius 2 is 1.51 bits per heavy atom. The van der Waals surface area contributed by atoms with E-state index in [9.17, 15) is 0 Å². The fraction of sp³-hybridized carbons (Fsp3) is 0.0909. The van der Waals surface area contributed by atoms with Crippen LogP contribution in [0.15, 0.2) is 139 Å². The molecule has 5 heteroatoms. The van der Waals surface area contributed by atoms with Gasteiger partial charge in [0.1, 0.15) is 5.03 Å². The number of nitrogens with zero attached hydrogens (tertiary/aromatic N) is 3. The molecule has 0 saturated carbocycles. The molecule has 3 aliphatic rings. The highest BCUT2D eigenvalue weighted by Gasteiger charge is 2.36. The number of benzene rings is 5. The number of hydrogen-bond donors (Lipinski definition) is 0. The summed E-state index contributed by atoms with van der Waals surface area (Å²) in [7, 11) is 0. The number of allylic oxidation sites excluding steroid dienone is 4. The zero-order chi connectivity index (χ0) is 32.1. The smallest absolute Gasteiger partial charge is 0.161 e. The normalized spacial score (nSPS) is 17.7. The van der Waals surface area contributed by atoms with Crippen molar-refractivity contribution in [1.29, 1.82) is 0 Å². The number of rotatable bonds is 3. The van der Waals surface area contributed by atoms with Gasteiger partial charge in [0.25, 0.3) is 0 Å². The molecule has 11 rings (SSSR count). The van der Waals surface area contributed by atoms with E-state index in [-0.39, 0.29) is 5.92 Å². The van der Waals surface area contributed by atoms with Gasteiger partial charge >= 0.3 is 0 Å². The standard InChI is InChI=1S/C44H29N3S2/c1-2-13-26(14-3-1)43-45-40(39-33-21-8-11-24-36(33)49-44(39)46-43)27-15-12-16-28(25-27)47-34-22-9-6-19-31(34)37-38-32-20-7-10-23-35(32)48-42(38)30-18-5-4-17-29(30)41(37)47/h1-6,8-19,21-25,33,36H,7,20H2. The number of thioether (sulfide) groups is 1. The van der Waals surface area contributed by atoms with Gasteiger partial charge in [-0.15, -0.1) is 11.3 Å². The van der Waals surface area contributed by atoms with Crippen molar-refractivity contribution < 1.29 is 0 Å². The highest BCUT2D eigenvalue weighted by Crippen LogP contribution is 2.52. The summed E-state index contributed by atoms with van der Waals surface area (Å²) in [6.45, 7) is 0. The van der Waals surface area contributed by atoms with Gasteiger partial charge in [-0.2, -0.15) is 0 Å². The van der Waals surface area contributed by atoms with E-state index in [0.29, 0.717) is 5.25 Å². The molecule has 1 aliphatic heterocycles. The molecule has 0 fully saturated rings. The van der Waals surface area contributed by atoms with Crippen molar-refractivity contribution >= 4 is 71.8 Å². The van der Waals surface area contributed by atoms with Crippen LogP contribution in [0.2, 0.25) is 0 Å². The van der Waals surface area contributed by atoms with Crippen LogP contribution in [-0.2, 0) is 6.42 Å². The quantitative estimate of drug-likeness (QED) is 0.176. The van der Waals surface area contributed by atoms with Crippen LogP contribution < -0.4 is 0 Å². The van der Waals surface area contributed by atoms with Crippen molar-refractivity contribution in [2.75, 3.05) is 0 Å². The van der Waals surface area contributed by atoms with Gasteiger partial charge < -0.3 is 4.57 Å². The second kappa shape index (κ2) is 10.6. The monoisotopic (exact) mass is 663 g/mol. The Morgan fingerprint density at radius 3 is 2.43 bits per heavy atom. The summed E-state index contributed by atoms with van der Waals surface area (Å²) in [6.07, 6.45) is 15.8. The zero-order valence-electron chi connectivity index (χ0n) is 26.5. The van der Waals surface area contributed by atoms with Crippen LogP contribution >= 0.6 is 23.1 Å². The molecule has 2 unspecified atom stereocenters. The second-order valence-electron chi connectivity index (χ2n) is 13.1. The molecule has 5 aromatic carbocycles. The number of hydrogen-bond acceptors (Lipinski definition) is 4. The predicted octanol–water partition coefficient (Wildman–Crippen LogP) is 11.9. The Morgan fingerprint density at radius 1 is 0.714 bits per heavy atom. The maximum atomic E-state index is 5.36. The Bertz CT molecular complexity index is 2760. The third kappa shape index (κ3) is 4.03. The molecular weight excluding hydrogens is 635 g/mol. The molecule has 0 bridgehead atoms. The van der Waals surface area contributed by atoms with Crippen molar-refractivity contribution in [1.82, 2.24) is 14.5 Å². The summed E-state index contributed by atoms with van der Waals surface area (Å²) in [5.74, 6) is 1.03. The molecule has 0 saturated heterocycles. The molecule has 0 N–H and O–H groups in total. The van der Waals surface area contributed by atoms with Crippen LogP contribution in [0.25, 0.3) is 77.1 Å². The summed E-state index contributed by atoms with van der Waals surface area (Å²) in [6, 6.07) is 37.4. The SMILES string of the molecule is C1=CC2Sc3nc(-c4ccccc4)nc(-c4cccc(-n5c6ccccc6c6c7c8c(sc7c7ccccc7c65)C=CCC8)c4)c3C2C=C1. The summed E-state index contributed by atoms with van der Waals surface area (Å²) in [5, 5.41) is 8.16. The van der Waals surface area contributed by atoms with Gasteiger partial charge in [0.05, 0.1) is 16.7 Å². The van der Waals surface area contributed by atoms with Crippen LogP contribution in [0, 0.1) is 0 Å². The van der Waals surface area contributed by atoms with Gasteiger partial charge in [-0.25, -0.2) is 9.97 Å². The van der Waals surface area contributed by atoms with E-state index in [0.717, 1.165) is 46.2 Å². The van der Waals surface area contributed by atoms with Gasteiger partial charge in [-0.05, 0) is 42.7 Å². The molecule has 0 radical (unpaired) electrons. The van der Waals surface area contributed by atoms with E-state index < -0.39 is 0 Å². The molecule has 2 aliphatic carbocycles. The highest BCUT2D eigenvalue weighted by molar-refractivity contribution is 8.00. The molecule has 2 atom stereocenters. The van der Waals surface area contributed by atoms with Crippen molar-refractivity contribution in [3.63, 3.8) is 0 Å². The van der Waals surface area contributed by atoms with Crippen LogP contribution in [-0.4, -0.2) is 19.8 Å². The minimum atomic E-state index is 0.248. The lowest BCUT2D eigenvalue weighted by Crippen LogP contribution is -2.09. The first-order valence-electron chi connectivity index (χ1n) is 17.0. The first-order chi connectivity index (χ1) is 24.3. The van der Waals surface area contributed by atoms with Crippen molar-refractivity contribution in [2.24, 2.45) is 0 Å². The number of aromatic nitrogens is 3. The molecule has 4 heterocycles. The number of para-hydroxylation sites is 1. The van der Waals surface area contributed by atoms with Crippen molar-refractivity contribution in [3.05, 3.63) is 150 Å². The van der Waals surface area contributed by atoms with Gasteiger partial charge in [-0.3, -0.25) is 0 Å². The maximum absolute atomic E-state index is 5.36. The van der Waals surface area contributed by atoms with E-state index in [1.54, 1.807) is 0 Å². The van der Waals surface area contributed by atoms with Gasteiger partial charge in [0.15, 0.2) is 5.82 Å². The molecule has 232 valence electrons. The largest absolute Gasteiger partial charge is 0.309 e. The first kappa shape index (κ1) is 27.7. The van der Waals surface area contributed by atoms with Crippen LogP contribution in [0.5, 0.6) is 0 Å². The number of thiophene rings is 1. The first-order valence-corrected chi connectivity index (χ1v) is 18.7. The van der Waals surface area contributed by atoms with Gasteiger partial charge in [0.2, 0.25) is 0 Å². The Kier molecular flexibility index (Phi) is 6.01. The number of aryl methyl sites for hydroxylation is 1. The molecule has 3 aromatic heterocycles. The van der Waals surface area contributed by atoms with E-state index in [1.165, 1.54) is 58.7 Å². The molecule has 0 amide bonds. The Labute approximate surface area is 292 Å². The van der Waals surface area contributed by atoms with Crippen LogP contribution in [0.1, 0.15) is 28.3 Å². The average molecular weight is 664 g/mol. The molecule has 8 aromatic rings. The van der Waals surface area contributed by atoms with Gasteiger partial charge in [-0.1, -0.05) is 127 Å². The summed E-state index contributed by atoms with van der Waals surface area (Å²) < 4.78 is 3.92. The average Bonchev–Trinajstić information content (AvgIpc) is 3.85. The minimum Gasteiger partial charge on any atom is -0.309 e. The Hall–Kier alpha value is -5.23. The van der Waals surface area contributed by atoms with Crippen LogP contribution in [0.3, 0.4) is 0 Å². The number of fused-ring (bicyclic) bond motifs is 13. The van der Waals surface area contributed by atoms with Crippen molar-refractivity contribution in [2.45, 2.75) is 29.0 Å². The van der Waals surface area contributed by atoms with E-state index >= 15 is 0 Å². The van der Waals surface area contributed by atoms with E-state index in [4.69, 9.17) is 9.97 Å². The third-order valence-electron chi connectivity index (χ3n) is 10.4. The predicted molar refractivity (Wildman–Crippen MR) is 208 cm³/mol. The fourth-order valence-electron chi connectivity index (χ4n) is 8.30. The lowest BCUT2D eigenvalue weighted by atomic mass is 9.90. The highest BCUT2D eigenvalue weighted by atomic mass is 32.2. The lowest BCUT2D eigenvalue weighted by molar-refractivity contribution is 0.856. The molecule has 3 nitrogen and oxygen atoms in total. The topological polar surface area (TPSA) is 30.7 Å². The Balaban J connectivity index is 1.21. The summed E-state index contributed by atoms with van der Waals surface area (Å²) in [5.41, 5.74) is 9.58. The third-order valence-corrected chi connectivity index (χ3v) is 12.9. The maximum Gasteiger partial charge on any atom is 0.161 e. The molecular formula is C44H29N3S2. The van der Waals surface area contributed by atoms with Gasteiger partial charge in [0, 0.05) is 70.1 Å². The van der Waals surface area contributed by atoms with Crippen molar-refractivity contribution in [3.8, 4) is 28.3 Å². The fourth-order valence-corrected chi connectivity index (χ4v) is 10.9. The summed E-state index contributed by atoms with van der Waals surface area (Å²) in [4.78, 5) is 11.9. The molecule has 0 spiro atoms. The van der Waals surface area contributed by atoms with E-state index in [2.05, 4.69) is 138 Å². The minimum absolute atomic E-state index is 0.248. The molecule has 49 heavy (non-hydrogen) atoms. The zero-order valence-corrected chi connectivity index (χ0v) is 28.1. The van der Waals surface area contributed by atoms with E-state index in [1.807, 2.05) is 29.2 Å². The summed E-state index contributed by atoms with van der Waals surface area (Å²) >= 11 is 3.81. The van der Waals surface area contributed by atoms with Crippen LogP contribution in [0.4, 0.5) is 0 Å². The second-order valence-corrected chi connectivity index (χ2v) is 15.3. The lowest BCUT2D eigenvalue weighted by Gasteiger charge is -2.18.